The number of aromatic nitrogens is 1. The summed E-state index contributed by atoms with van der Waals surface area (Å²) in [5.41, 5.74) is 2.15. The number of Topliss-reactive ketones (excluding diaryl/α,β-unsaturated/α-hetero) is 1. The predicted octanol–water partition coefficient (Wildman–Crippen LogP) is 3.61. The van der Waals surface area contributed by atoms with Gasteiger partial charge in [-0.3, -0.25) is 9.78 Å². The maximum atomic E-state index is 12.8. The number of carbonyl (C=O) groups excluding carboxylic acids is 3. The Kier molecular flexibility index (Phi) is 5.49. The van der Waals surface area contributed by atoms with Gasteiger partial charge in [-0.05, 0) is 18.6 Å². The van der Waals surface area contributed by atoms with Gasteiger partial charge in [0.2, 0.25) is 0 Å². The molecule has 3 rings (SSSR count). The fraction of sp³-hybridized carbons (Fsp3) is 0.182. The van der Waals surface area contributed by atoms with E-state index in [9.17, 15) is 14.4 Å². The highest BCUT2D eigenvalue weighted by Gasteiger charge is 2.30. The second kappa shape index (κ2) is 8.00. The van der Waals surface area contributed by atoms with Gasteiger partial charge in [0.15, 0.2) is 0 Å². The van der Waals surface area contributed by atoms with E-state index in [1.807, 2.05) is 36.4 Å². The van der Waals surface area contributed by atoms with Crippen molar-refractivity contribution in [3.63, 3.8) is 0 Å². The van der Waals surface area contributed by atoms with E-state index in [2.05, 4.69) is 4.98 Å². The fourth-order valence-electron chi connectivity index (χ4n) is 3.34. The summed E-state index contributed by atoms with van der Waals surface area (Å²) in [5.74, 6) is -1.57. The first-order chi connectivity index (χ1) is 13.5. The van der Waals surface area contributed by atoms with Crippen LogP contribution in [0.2, 0.25) is 0 Å². The summed E-state index contributed by atoms with van der Waals surface area (Å²) in [6, 6.07) is 12.7. The molecule has 0 aliphatic carbocycles. The van der Waals surface area contributed by atoms with Crippen LogP contribution >= 0.6 is 0 Å². The van der Waals surface area contributed by atoms with E-state index in [1.54, 1.807) is 12.3 Å². The molecule has 28 heavy (non-hydrogen) atoms. The highest BCUT2D eigenvalue weighted by atomic mass is 16.5. The van der Waals surface area contributed by atoms with Crippen LogP contribution in [0.1, 0.15) is 33.2 Å². The quantitative estimate of drug-likeness (QED) is 0.632. The molecule has 0 saturated carbocycles. The molecular formula is C22H19NO5. The van der Waals surface area contributed by atoms with Crippen molar-refractivity contribution in [2.45, 2.75) is 13.3 Å². The highest BCUT2D eigenvalue weighted by molar-refractivity contribution is 6.17. The Bertz CT molecular complexity index is 1070. The Morgan fingerprint density at radius 2 is 1.54 bits per heavy atom. The number of fused-ring (bicyclic) bond motifs is 1. The Balaban J connectivity index is 2.59. The standard InChI is InChI=1S/C22H19NO5/c1-13(24)12-16-18(21(25)27-2)19(22(26)28-3)17(14-8-5-4-6-9-14)15-10-7-11-23-20(15)16/h4-11H,12H2,1-3H3. The number of benzene rings is 2. The van der Waals surface area contributed by atoms with Gasteiger partial charge in [0.25, 0.3) is 0 Å². The zero-order valence-electron chi connectivity index (χ0n) is 15.8. The largest absolute Gasteiger partial charge is 0.465 e. The Morgan fingerprint density at radius 3 is 2.14 bits per heavy atom. The van der Waals surface area contributed by atoms with Crippen molar-refractivity contribution in [2.75, 3.05) is 14.2 Å². The summed E-state index contributed by atoms with van der Waals surface area (Å²) in [5, 5.41) is 0.651. The minimum absolute atomic E-state index is 0.00889. The minimum Gasteiger partial charge on any atom is -0.465 e. The van der Waals surface area contributed by atoms with E-state index >= 15 is 0 Å². The first kappa shape index (κ1) is 19.2. The molecule has 0 saturated heterocycles. The average molecular weight is 377 g/mol. The molecule has 0 bridgehead atoms. The van der Waals surface area contributed by atoms with Crippen LogP contribution < -0.4 is 0 Å². The lowest BCUT2D eigenvalue weighted by atomic mass is 9.86. The first-order valence-electron chi connectivity index (χ1n) is 8.64. The zero-order chi connectivity index (χ0) is 20.3. The highest BCUT2D eigenvalue weighted by Crippen LogP contribution is 2.38. The third-order valence-corrected chi connectivity index (χ3v) is 4.43. The molecule has 0 fully saturated rings. The summed E-state index contributed by atoms with van der Waals surface area (Å²) in [6.07, 6.45) is 1.52. The van der Waals surface area contributed by atoms with Crippen LogP contribution in [-0.2, 0) is 20.7 Å². The molecular weight excluding hydrogens is 358 g/mol. The van der Waals surface area contributed by atoms with Crippen LogP contribution in [0.3, 0.4) is 0 Å². The zero-order valence-corrected chi connectivity index (χ0v) is 15.8. The number of pyridine rings is 1. The van der Waals surface area contributed by atoms with Gasteiger partial charge in [0, 0.05) is 29.1 Å². The van der Waals surface area contributed by atoms with Gasteiger partial charge in [0.1, 0.15) is 5.78 Å². The van der Waals surface area contributed by atoms with Crippen LogP contribution in [0.4, 0.5) is 0 Å². The Hall–Kier alpha value is -3.54. The van der Waals surface area contributed by atoms with E-state index in [-0.39, 0.29) is 23.3 Å². The van der Waals surface area contributed by atoms with Crippen LogP contribution in [0, 0.1) is 0 Å². The molecule has 6 nitrogen and oxygen atoms in total. The van der Waals surface area contributed by atoms with Gasteiger partial charge < -0.3 is 9.47 Å². The number of ether oxygens (including phenoxy) is 2. The van der Waals surface area contributed by atoms with Gasteiger partial charge >= 0.3 is 11.9 Å². The second-order valence-electron chi connectivity index (χ2n) is 6.23. The molecule has 142 valence electrons. The van der Waals surface area contributed by atoms with E-state index < -0.39 is 11.9 Å². The summed E-state index contributed by atoms with van der Waals surface area (Å²) >= 11 is 0. The van der Waals surface area contributed by atoms with E-state index in [0.717, 1.165) is 5.56 Å². The number of rotatable bonds is 5. The van der Waals surface area contributed by atoms with E-state index in [4.69, 9.17) is 9.47 Å². The van der Waals surface area contributed by atoms with Crippen molar-refractivity contribution >= 4 is 28.6 Å². The molecule has 0 atom stereocenters. The van der Waals surface area contributed by atoms with Gasteiger partial charge in [-0.2, -0.15) is 0 Å². The van der Waals surface area contributed by atoms with E-state index in [1.165, 1.54) is 21.1 Å². The monoisotopic (exact) mass is 377 g/mol. The van der Waals surface area contributed by atoms with Gasteiger partial charge in [-0.15, -0.1) is 0 Å². The number of hydrogen-bond donors (Lipinski definition) is 0. The van der Waals surface area contributed by atoms with Crippen LogP contribution in [0.25, 0.3) is 22.0 Å². The number of ketones is 1. The third-order valence-electron chi connectivity index (χ3n) is 4.43. The van der Waals surface area contributed by atoms with Crippen LogP contribution in [0.5, 0.6) is 0 Å². The number of methoxy groups -OCH3 is 2. The number of carbonyl (C=O) groups is 3. The molecule has 2 aromatic carbocycles. The third kappa shape index (κ3) is 3.36. The number of hydrogen-bond acceptors (Lipinski definition) is 6. The molecule has 1 heterocycles. The summed E-state index contributed by atoms with van der Waals surface area (Å²) in [6.45, 7) is 1.42. The van der Waals surface area contributed by atoms with Crippen molar-refractivity contribution in [2.24, 2.45) is 0 Å². The van der Waals surface area contributed by atoms with E-state index in [0.29, 0.717) is 22.0 Å². The maximum absolute atomic E-state index is 12.8. The van der Waals surface area contributed by atoms with Crippen molar-refractivity contribution in [1.82, 2.24) is 4.98 Å². The summed E-state index contributed by atoms with van der Waals surface area (Å²) in [4.78, 5) is 41.9. The maximum Gasteiger partial charge on any atom is 0.339 e. The lowest BCUT2D eigenvalue weighted by Gasteiger charge is -2.19. The minimum atomic E-state index is -0.721. The molecule has 3 aromatic rings. The molecule has 1 aromatic heterocycles. The normalized spacial score (nSPS) is 10.5. The Morgan fingerprint density at radius 1 is 0.893 bits per heavy atom. The predicted molar refractivity (Wildman–Crippen MR) is 104 cm³/mol. The van der Waals surface area contributed by atoms with Gasteiger partial charge in [0.05, 0.1) is 30.9 Å². The van der Waals surface area contributed by atoms with Crippen molar-refractivity contribution in [1.29, 1.82) is 0 Å². The van der Waals surface area contributed by atoms with Crippen LogP contribution in [-0.4, -0.2) is 36.9 Å². The molecule has 6 heteroatoms. The smallest absolute Gasteiger partial charge is 0.339 e. The summed E-state index contributed by atoms with van der Waals surface area (Å²) < 4.78 is 9.94. The van der Waals surface area contributed by atoms with Gasteiger partial charge in [-0.1, -0.05) is 36.4 Å². The van der Waals surface area contributed by atoms with Crippen LogP contribution in [0.15, 0.2) is 48.7 Å². The lowest BCUT2D eigenvalue weighted by molar-refractivity contribution is -0.116. The molecule has 0 amide bonds. The molecule has 0 N–H and O–H groups in total. The van der Waals surface area contributed by atoms with Crippen molar-refractivity contribution in [3.8, 4) is 11.1 Å². The molecule has 0 spiro atoms. The first-order valence-corrected chi connectivity index (χ1v) is 8.64. The molecule has 0 unspecified atom stereocenters. The fourth-order valence-corrected chi connectivity index (χ4v) is 3.34. The number of esters is 2. The second-order valence-corrected chi connectivity index (χ2v) is 6.23. The SMILES string of the molecule is COC(=O)c1c(C(=O)OC)c(CC(C)=O)c2ncccc2c1-c1ccccc1. The van der Waals surface area contributed by atoms with Crippen molar-refractivity contribution in [3.05, 3.63) is 65.4 Å². The number of nitrogens with zero attached hydrogens (tertiary/aromatic N) is 1. The van der Waals surface area contributed by atoms with Gasteiger partial charge in [-0.25, -0.2) is 9.59 Å². The molecule has 0 aliphatic heterocycles. The summed E-state index contributed by atoms with van der Waals surface area (Å²) in [7, 11) is 2.47. The average Bonchev–Trinajstić information content (AvgIpc) is 2.72. The topological polar surface area (TPSA) is 82.6 Å². The molecule has 0 aliphatic rings. The molecule has 0 radical (unpaired) electrons. The Labute approximate surface area is 162 Å². The van der Waals surface area contributed by atoms with Crippen molar-refractivity contribution < 1.29 is 23.9 Å². The lowest BCUT2D eigenvalue weighted by Crippen LogP contribution is -2.18.